The second-order valence-corrected chi connectivity index (χ2v) is 6.77. The number of rotatable bonds is 2. The van der Waals surface area contributed by atoms with Crippen LogP contribution in [0.25, 0.3) is 0 Å². The number of carbonyl (C=O) groups excluding carboxylic acids is 1. The molecule has 2 heterocycles. The van der Waals surface area contributed by atoms with Gasteiger partial charge in [0.25, 0.3) is 0 Å². The smallest absolute Gasteiger partial charge is 0.410 e. The van der Waals surface area contributed by atoms with Crippen LogP contribution in [0.2, 0.25) is 0 Å². The van der Waals surface area contributed by atoms with Crippen molar-refractivity contribution in [3.8, 4) is 0 Å². The number of piperidine rings is 1. The largest absolute Gasteiger partial charge is 0.444 e. The number of hydrogen-bond donors (Lipinski definition) is 1. The van der Waals surface area contributed by atoms with Gasteiger partial charge in [0.1, 0.15) is 5.60 Å². The predicted octanol–water partition coefficient (Wildman–Crippen LogP) is 1.58. The molecule has 6 heteroatoms. The van der Waals surface area contributed by atoms with Crippen LogP contribution < -0.4 is 0 Å². The van der Waals surface area contributed by atoms with Gasteiger partial charge in [0.05, 0.1) is 12.3 Å². The molecule has 2 rings (SSSR count). The molecule has 0 radical (unpaired) electrons. The molecule has 1 aromatic rings. The Hall–Kier alpha value is -1.56. The van der Waals surface area contributed by atoms with Crippen LogP contribution in [0.15, 0.2) is 12.4 Å². The molecule has 1 aliphatic heterocycles. The van der Waals surface area contributed by atoms with E-state index in [4.69, 9.17) is 4.74 Å². The lowest BCUT2D eigenvalue weighted by molar-refractivity contribution is -0.00824. The van der Waals surface area contributed by atoms with Crippen molar-refractivity contribution >= 4 is 6.09 Å². The van der Waals surface area contributed by atoms with Gasteiger partial charge in [0.15, 0.2) is 0 Å². The summed E-state index contributed by atoms with van der Waals surface area (Å²) in [6.07, 6.45) is 4.37. The molecule has 0 bridgehead atoms. The Morgan fingerprint density at radius 3 is 2.81 bits per heavy atom. The Labute approximate surface area is 125 Å². The van der Waals surface area contributed by atoms with Gasteiger partial charge in [0, 0.05) is 32.3 Å². The highest BCUT2D eigenvalue weighted by atomic mass is 16.6. The lowest BCUT2D eigenvalue weighted by atomic mass is 9.90. The minimum absolute atomic E-state index is 0.0236. The third kappa shape index (κ3) is 4.46. The van der Waals surface area contributed by atoms with Crippen molar-refractivity contribution in [2.75, 3.05) is 13.1 Å². The van der Waals surface area contributed by atoms with Crippen LogP contribution in [0.1, 0.15) is 32.8 Å². The summed E-state index contributed by atoms with van der Waals surface area (Å²) in [5, 5.41) is 14.3. The Balaban J connectivity index is 1.97. The van der Waals surface area contributed by atoms with E-state index in [2.05, 4.69) is 5.10 Å². The Bertz CT molecular complexity index is 493. The first-order valence-electron chi connectivity index (χ1n) is 7.38. The summed E-state index contributed by atoms with van der Waals surface area (Å²) in [7, 11) is 1.87. The van der Waals surface area contributed by atoms with Gasteiger partial charge in [-0.1, -0.05) is 0 Å². The summed E-state index contributed by atoms with van der Waals surface area (Å²) in [5.41, 5.74) is 0.582. The fourth-order valence-corrected chi connectivity index (χ4v) is 2.59. The Morgan fingerprint density at radius 2 is 2.24 bits per heavy atom. The zero-order valence-electron chi connectivity index (χ0n) is 13.2. The van der Waals surface area contributed by atoms with Crippen LogP contribution >= 0.6 is 0 Å². The van der Waals surface area contributed by atoms with Crippen molar-refractivity contribution in [2.24, 2.45) is 13.0 Å². The van der Waals surface area contributed by atoms with Crippen molar-refractivity contribution in [1.82, 2.24) is 14.7 Å². The summed E-state index contributed by atoms with van der Waals surface area (Å²) >= 11 is 0. The van der Waals surface area contributed by atoms with E-state index < -0.39 is 5.60 Å². The molecule has 21 heavy (non-hydrogen) atoms. The van der Waals surface area contributed by atoms with Crippen LogP contribution in [-0.2, 0) is 18.2 Å². The number of aliphatic hydroxyl groups excluding tert-OH is 1. The molecule has 1 saturated heterocycles. The minimum Gasteiger partial charge on any atom is -0.444 e. The topological polar surface area (TPSA) is 67.6 Å². The molecule has 1 aliphatic rings. The lowest BCUT2D eigenvalue weighted by Crippen LogP contribution is -2.48. The number of ether oxygens (including phenoxy) is 1. The first-order chi connectivity index (χ1) is 9.74. The third-order valence-electron chi connectivity index (χ3n) is 3.60. The van der Waals surface area contributed by atoms with Gasteiger partial charge in [-0.25, -0.2) is 4.79 Å². The first kappa shape index (κ1) is 15.8. The molecule has 1 fully saturated rings. The summed E-state index contributed by atoms with van der Waals surface area (Å²) in [6.45, 7) is 6.63. The van der Waals surface area contributed by atoms with Gasteiger partial charge in [-0.15, -0.1) is 0 Å². The van der Waals surface area contributed by atoms with Crippen molar-refractivity contribution in [1.29, 1.82) is 0 Å². The number of nitrogens with zero attached hydrogens (tertiary/aromatic N) is 3. The molecule has 1 N–H and O–H groups in total. The Morgan fingerprint density at radius 1 is 1.52 bits per heavy atom. The van der Waals surface area contributed by atoms with E-state index in [-0.39, 0.29) is 18.1 Å². The predicted molar refractivity (Wildman–Crippen MR) is 78.8 cm³/mol. The zero-order chi connectivity index (χ0) is 15.6. The maximum Gasteiger partial charge on any atom is 0.410 e. The summed E-state index contributed by atoms with van der Waals surface area (Å²) in [4.78, 5) is 13.8. The second-order valence-electron chi connectivity index (χ2n) is 6.77. The SMILES string of the molecule is Cn1cc(CC2CN(C(=O)OC(C)(C)C)CCC2O)cn1. The first-order valence-corrected chi connectivity index (χ1v) is 7.38. The number of aliphatic hydroxyl groups is 1. The van der Waals surface area contributed by atoms with E-state index in [1.165, 1.54) is 0 Å². The Kier molecular flexibility index (Phi) is 4.56. The highest BCUT2D eigenvalue weighted by Gasteiger charge is 2.32. The maximum absolute atomic E-state index is 12.1. The molecule has 0 saturated carbocycles. The quantitative estimate of drug-likeness (QED) is 0.899. The highest BCUT2D eigenvalue weighted by Crippen LogP contribution is 2.23. The van der Waals surface area contributed by atoms with E-state index in [0.29, 0.717) is 25.9 Å². The summed E-state index contributed by atoms with van der Waals surface area (Å²) < 4.78 is 7.15. The molecular formula is C15H25N3O3. The summed E-state index contributed by atoms with van der Waals surface area (Å²) in [5.74, 6) is 0.0236. The molecule has 1 amide bonds. The van der Waals surface area contributed by atoms with Gasteiger partial charge in [-0.3, -0.25) is 4.68 Å². The molecule has 6 nitrogen and oxygen atoms in total. The third-order valence-corrected chi connectivity index (χ3v) is 3.60. The van der Waals surface area contributed by atoms with Crippen molar-refractivity contribution in [3.63, 3.8) is 0 Å². The van der Waals surface area contributed by atoms with Gasteiger partial charge >= 0.3 is 6.09 Å². The van der Waals surface area contributed by atoms with Crippen molar-refractivity contribution in [3.05, 3.63) is 18.0 Å². The molecular weight excluding hydrogens is 270 g/mol. The van der Waals surface area contributed by atoms with Crippen LogP contribution in [0.5, 0.6) is 0 Å². The van der Waals surface area contributed by atoms with Crippen molar-refractivity contribution < 1.29 is 14.6 Å². The number of aryl methyl sites for hydroxylation is 1. The number of aromatic nitrogens is 2. The van der Waals surface area contributed by atoms with Gasteiger partial charge in [-0.05, 0) is 39.2 Å². The zero-order valence-corrected chi connectivity index (χ0v) is 13.2. The minimum atomic E-state index is -0.494. The monoisotopic (exact) mass is 295 g/mol. The van der Waals surface area contributed by atoms with E-state index in [1.54, 1.807) is 15.8 Å². The van der Waals surface area contributed by atoms with E-state index in [0.717, 1.165) is 5.56 Å². The van der Waals surface area contributed by atoms with Crippen molar-refractivity contribution in [2.45, 2.75) is 45.3 Å². The highest BCUT2D eigenvalue weighted by molar-refractivity contribution is 5.68. The normalized spacial score (nSPS) is 23.2. The average molecular weight is 295 g/mol. The maximum atomic E-state index is 12.1. The van der Waals surface area contributed by atoms with E-state index >= 15 is 0 Å². The van der Waals surface area contributed by atoms with Crippen LogP contribution in [0.3, 0.4) is 0 Å². The lowest BCUT2D eigenvalue weighted by Gasteiger charge is -2.36. The molecule has 118 valence electrons. The van der Waals surface area contributed by atoms with E-state index in [1.807, 2.05) is 34.0 Å². The van der Waals surface area contributed by atoms with Crippen LogP contribution in [0.4, 0.5) is 4.79 Å². The van der Waals surface area contributed by atoms with E-state index in [9.17, 15) is 9.90 Å². The molecule has 2 atom stereocenters. The fraction of sp³-hybridized carbons (Fsp3) is 0.733. The number of carbonyl (C=O) groups is 1. The average Bonchev–Trinajstić information content (AvgIpc) is 2.75. The fourth-order valence-electron chi connectivity index (χ4n) is 2.59. The molecule has 1 aromatic heterocycles. The van der Waals surface area contributed by atoms with Crippen LogP contribution in [0, 0.1) is 5.92 Å². The van der Waals surface area contributed by atoms with Crippen LogP contribution in [-0.4, -0.2) is 50.7 Å². The summed E-state index contributed by atoms with van der Waals surface area (Å²) in [6, 6.07) is 0. The number of hydrogen-bond acceptors (Lipinski definition) is 4. The molecule has 0 aromatic carbocycles. The van der Waals surface area contributed by atoms with Gasteiger partial charge < -0.3 is 14.7 Å². The van der Waals surface area contributed by atoms with Gasteiger partial charge in [0.2, 0.25) is 0 Å². The molecule has 2 unspecified atom stereocenters. The molecule has 0 aliphatic carbocycles. The molecule has 0 spiro atoms. The second kappa shape index (κ2) is 6.05. The van der Waals surface area contributed by atoms with Gasteiger partial charge in [-0.2, -0.15) is 5.10 Å². The number of amides is 1. The number of likely N-dealkylation sites (tertiary alicyclic amines) is 1. The standard InChI is InChI=1S/C15H25N3O3/c1-15(2,3)21-14(20)18-6-5-13(19)12(10-18)7-11-8-16-17(4)9-11/h8-9,12-13,19H,5-7,10H2,1-4H3.